The van der Waals surface area contributed by atoms with Gasteiger partial charge in [-0.1, -0.05) is 12.1 Å². The van der Waals surface area contributed by atoms with E-state index in [4.69, 9.17) is 9.94 Å². The number of aromatic nitrogens is 2. The highest BCUT2D eigenvalue weighted by molar-refractivity contribution is 9.10. The molecule has 1 saturated carbocycles. The highest BCUT2D eigenvalue weighted by Gasteiger charge is 2.20. The van der Waals surface area contributed by atoms with Gasteiger partial charge in [0.25, 0.3) is 0 Å². The van der Waals surface area contributed by atoms with E-state index in [0.29, 0.717) is 6.61 Å². The van der Waals surface area contributed by atoms with Crippen molar-refractivity contribution in [1.82, 2.24) is 9.78 Å². The Morgan fingerprint density at radius 2 is 2.10 bits per heavy atom. The van der Waals surface area contributed by atoms with Gasteiger partial charge in [0.15, 0.2) is 0 Å². The van der Waals surface area contributed by atoms with Gasteiger partial charge in [0.1, 0.15) is 0 Å². The molecule has 1 heterocycles. The molecule has 0 bridgehead atoms. The summed E-state index contributed by atoms with van der Waals surface area (Å²) in [6.45, 7) is 5.63. The molecule has 5 nitrogen and oxygen atoms in total. The number of ether oxygens (including phenoxy) is 1. The predicted molar refractivity (Wildman–Crippen MR) is 81.2 cm³/mol. The van der Waals surface area contributed by atoms with Crippen molar-refractivity contribution in [1.29, 1.82) is 0 Å². The largest absolute Gasteiger partial charge is 0.411 e. The fraction of sp³-hybridized carbons (Fsp3) is 0.714. The lowest BCUT2D eigenvalue weighted by Crippen LogP contribution is -2.22. The molecule has 0 spiro atoms. The second-order valence-corrected chi connectivity index (χ2v) is 5.85. The number of halogens is 1. The van der Waals surface area contributed by atoms with Crippen LogP contribution >= 0.6 is 15.9 Å². The molecule has 6 heteroatoms. The van der Waals surface area contributed by atoms with Crippen LogP contribution in [0.1, 0.15) is 50.9 Å². The Hall–Kier alpha value is -0.880. The predicted octanol–water partition coefficient (Wildman–Crippen LogP) is 3.52. The van der Waals surface area contributed by atoms with Crippen LogP contribution in [0.3, 0.4) is 0 Å². The van der Waals surface area contributed by atoms with Gasteiger partial charge in [-0.15, -0.1) is 0 Å². The quantitative estimate of drug-likeness (QED) is 0.657. The minimum atomic E-state index is 0.248. The Morgan fingerprint density at radius 1 is 1.40 bits per heavy atom. The first-order valence-corrected chi connectivity index (χ1v) is 8.04. The van der Waals surface area contributed by atoms with E-state index in [9.17, 15) is 0 Å². The summed E-state index contributed by atoms with van der Waals surface area (Å²) in [5, 5.41) is 16.6. The maximum Gasteiger partial charge on any atom is 0.0900 e. The van der Waals surface area contributed by atoms with Crippen molar-refractivity contribution in [3.05, 3.63) is 15.9 Å². The van der Waals surface area contributed by atoms with Crippen molar-refractivity contribution < 1.29 is 9.94 Å². The number of hydrogen-bond acceptors (Lipinski definition) is 4. The van der Waals surface area contributed by atoms with E-state index >= 15 is 0 Å². The molecule has 0 aliphatic heterocycles. The average molecular weight is 344 g/mol. The van der Waals surface area contributed by atoms with E-state index < -0.39 is 0 Å². The summed E-state index contributed by atoms with van der Waals surface area (Å²) in [6.07, 6.45) is 4.68. The Kier molecular flexibility index (Phi) is 5.60. The van der Waals surface area contributed by atoms with Gasteiger partial charge in [0, 0.05) is 6.54 Å². The van der Waals surface area contributed by atoms with Crippen LogP contribution in [-0.4, -0.2) is 26.8 Å². The van der Waals surface area contributed by atoms with Crippen LogP contribution in [0.4, 0.5) is 0 Å². The number of oxime groups is 1. The second-order valence-electron chi connectivity index (χ2n) is 5.05. The second kappa shape index (κ2) is 7.22. The van der Waals surface area contributed by atoms with Gasteiger partial charge in [0.2, 0.25) is 0 Å². The maximum atomic E-state index is 8.75. The molecule has 20 heavy (non-hydrogen) atoms. The van der Waals surface area contributed by atoms with Crippen molar-refractivity contribution in [2.24, 2.45) is 5.16 Å². The lowest BCUT2D eigenvalue weighted by molar-refractivity contribution is 0.0238. The standard InChI is InChI=1S/C14H22BrN3O2/c1-3-12-14(15)13(18(4-2)16-12)9-20-11-7-5-10(17-19)6-8-11/h11,19H,3-9H2,1-2H3. The molecule has 0 aromatic carbocycles. The zero-order valence-electron chi connectivity index (χ0n) is 12.1. The van der Waals surface area contributed by atoms with Crippen molar-refractivity contribution in [2.45, 2.75) is 65.2 Å². The Balaban J connectivity index is 1.96. The van der Waals surface area contributed by atoms with Crippen LogP contribution in [-0.2, 0) is 24.3 Å². The van der Waals surface area contributed by atoms with Gasteiger partial charge in [-0.25, -0.2) is 0 Å². The van der Waals surface area contributed by atoms with E-state index in [1.807, 2.05) is 4.68 Å². The molecule has 0 amide bonds. The van der Waals surface area contributed by atoms with Crippen LogP contribution in [0.15, 0.2) is 9.63 Å². The van der Waals surface area contributed by atoms with E-state index in [1.54, 1.807) is 0 Å². The molecule has 1 fully saturated rings. The summed E-state index contributed by atoms with van der Waals surface area (Å²) in [7, 11) is 0. The van der Waals surface area contributed by atoms with E-state index in [1.165, 1.54) is 0 Å². The molecular formula is C14H22BrN3O2. The smallest absolute Gasteiger partial charge is 0.0900 e. The monoisotopic (exact) mass is 343 g/mol. The molecule has 0 radical (unpaired) electrons. The SMILES string of the molecule is CCc1nn(CC)c(COC2CCC(=NO)CC2)c1Br. The van der Waals surface area contributed by atoms with Gasteiger partial charge in [0.05, 0.1) is 34.3 Å². The van der Waals surface area contributed by atoms with E-state index in [-0.39, 0.29) is 6.10 Å². The summed E-state index contributed by atoms with van der Waals surface area (Å²) >= 11 is 3.63. The van der Waals surface area contributed by atoms with Gasteiger partial charge in [-0.05, 0) is 55.0 Å². The first-order valence-electron chi connectivity index (χ1n) is 7.25. The third-order valence-corrected chi connectivity index (χ3v) is 4.72. The molecule has 2 rings (SSSR count). The van der Waals surface area contributed by atoms with Gasteiger partial charge >= 0.3 is 0 Å². The Morgan fingerprint density at radius 3 is 2.65 bits per heavy atom. The third-order valence-electron chi connectivity index (χ3n) is 3.80. The topological polar surface area (TPSA) is 59.6 Å². The lowest BCUT2D eigenvalue weighted by atomic mass is 9.96. The highest BCUT2D eigenvalue weighted by atomic mass is 79.9. The molecule has 1 aromatic rings. The first-order chi connectivity index (χ1) is 9.69. The molecule has 1 aliphatic rings. The summed E-state index contributed by atoms with van der Waals surface area (Å²) in [5.74, 6) is 0. The van der Waals surface area contributed by atoms with E-state index in [2.05, 4.69) is 40.0 Å². The Bertz CT molecular complexity index is 475. The number of aryl methyl sites for hydroxylation is 2. The van der Waals surface area contributed by atoms with Crippen molar-refractivity contribution in [2.75, 3.05) is 0 Å². The molecule has 0 saturated heterocycles. The highest BCUT2D eigenvalue weighted by Crippen LogP contribution is 2.25. The van der Waals surface area contributed by atoms with Gasteiger partial charge < -0.3 is 9.94 Å². The maximum absolute atomic E-state index is 8.75. The number of hydrogen-bond donors (Lipinski definition) is 1. The normalized spacial score (nSPS) is 19.4. The summed E-state index contributed by atoms with van der Waals surface area (Å²) in [6, 6.07) is 0. The fourth-order valence-corrected chi connectivity index (χ4v) is 3.22. The van der Waals surface area contributed by atoms with Crippen molar-refractivity contribution in [3.8, 4) is 0 Å². The molecule has 1 N–H and O–H groups in total. The summed E-state index contributed by atoms with van der Waals surface area (Å²) in [4.78, 5) is 0. The van der Waals surface area contributed by atoms with Crippen molar-refractivity contribution in [3.63, 3.8) is 0 Å². The molecule has 0 unspecified atom stereocenters. The molecule has 1 aromatic heterocycles. The zero-order valence-corrected chi connectivity index (χ0v) is 13.7. The summed E-state index contributed by atoms with van der Waals surface area (Å²) in [5.41, 5.74) is 3.09. The van der Waals surface area contributed by atoms with Crippen LogP contribution in [0.25, 0.3) is 0 Å². The van der Waals surface area contributed by atoms with Gasteiger partial charge in [-0.2, -0.15) is 5.10 Å². The lowest BCUT2D eigenvalue weighted by Gasteiger charge is -2.22. The van der Waals surface area contributed by atoms with Gasteiger partial charge in [-0.3, -0.25) is 4.68 Å². The minimum Gasteiger partial charge on any atom is -0.411 e. The fourth-order valence-electron chi connectivity index (χ4n) is 2.54. The van der Waals surface area contributed by atoms with Crippen molar-refractivity contribution >= 4 is 21.6 Å². The Labute approximate surface area is 128 Å². The van der Waals surface area contributed by atoms with E-state index in [0.717, 1.165) is 60.2 Å². The molecule has 0 atom stereocenters. The number of rotatable bonds is 5. The summed E-state index contributed by atoms with van der Waals surface area (Å²) < 4.78 is 9.10. The average Bonchev–Trinajstić information content (AvgIpc) is 2.81. The molecular weight excluding hydrogens is 322 g/mol. The zero-order chi connectivity index (χ0) is 14.5. The van der Waals surface area contributed by atoms with Crippen LogP contribution in [0.2, 0.25) is 0 Å². The van der Waals surface area contributed by atoms with Crippen LogP contribution in [0.5, 0.6) is 0 Å². The van der Waals surface area contributed by atoms with Crippen LogP contribution < -0.4 is 0 Å². The third kappa shape index (κ3) is 3.41. The molecule has 112 valence electrons. The molecule has 1 aliphatic carbocycles. The number of nitrogens with zero attached hydrogens (tertiary/aromatic N) is 3. The van der Waals surface area contributed by atoms with Crippen LogP contribution in [0, 0.1) is 0 Å². The minimum absolute atomic E-state index is 0.248. The first kappa shape index (κ1) is 15.5.